The molecule has 4 nitrogen and oxygen atoms in total. The van der Waals surface area contributed by atoms with Gasteiger partial charge >= 0.3 is 6.18 Å². The second kappa shape index (κ2) is 9.05. The van der Waals surface area contributed by atoms with Crippen molar-refractivity contribution in [2.24, 2.45) is 4.99 Å². The van der Waals surface area contributed by atoms with E-state index in [1.54, 1.807) is 18.4 Å². The number of nitrogens with zero attached hydrogens (tertiary/aromatic N) is 2. The van der Waals surface area contributed by atoms with Gasteiger partial charge < -0.3 is 15.5 Å². The Morgan fingerprint density at radius 1 is 1.15 bits per heavy atom. The summed E-state index contributed by atoms with van der Waals surface area (Å²) < 4.78 is 37.8. The summed E-state index contributed by atoms with van der Waals surface area (Å²) in [6.45, 7) is 1.06. The lowest BCUT2D eigenvalue weighted by atomic mass is 10.1. The van der Waals surface area contributed by atoms with E-state index >= 15 is 0 Å². The first-order valence-corrected chi connectivity index (χ1v) is 8.99. The molecule has 0 aliphatic rings. The van der Waals surface area contributed by atoms with Crippen LogP contribution in [0.15, 0.2) is 46.8 Å². The number of thiophene rings is 1. The lowest BCUT2D eigenvalue weighted by Gasteiger charge is -2.24. The first kappa shape index (κ1) is 20.3. The molecule has 1 heterocycles. The van der Waals surface area contributed by atoms with Gasteiger partial charge in [-0.15, -0.1) is 11.3 Å². The second-order valence-electron chi connectivity index (χ2n) is 6.00. The zero-order valence-corrected chi connectivity index (χ0v) is 15.8. The largest absolute Gasteiger partial charge is 0.416 e. The molecule has 0 saturated carbocycles. The predicted octanol–water partition coefficient (Wildman–Crippen LogP) is 3.73. The van der Waals surface area contributed by atoms with Crippen molar-refractivity contribution in [1.29, 1.82) is 0 Å². The molecule has 1 unspecified atom stereocenters. The highest BCUT2D eigenvalue weighted by Gasteiger charge is 2.29. The summed E-state index contributed by atoms with van der Waals surface area (Å²) in [6, 6.07) is 9.44. The van der Waals surface area contributed by atoms with Crippen LogP contribution in [-0.2, 0) is 12.7 Å². The van der Waals surface area contributed by atoms with Crippen LogP contribution in [0.1, 0.15) is 22.0 Å². The summed E-state index contributed by atoms with van der Waals surface area (Å²) in [4.78, 5) is 7.55. The van der Waals surface area contributed by atoms with E-state index in [9.17, 15) is 13.2 Å². The van der Waals surface area contributed by atoms with Gasteiger partial charge in [-0.2, -0.15) is 13.2 Å². The maximum Gasteiger partial charge on any atom is 0.416 e. The predicted molar refractivity (Wildman–Crippen MR) is 100 cm³/mol. The standard InChI is InChI=1S/C18H23F3N4S/c1-22-17(24-12-15(25(2)3)16-5-4-10-26-16)23-11-13-6-8-14(9-7-13)18(19,20)21/h4-10,15H,11-12H2,1-3H3,(H2,22,23,24). The molecular weight excluding hydrogens is 361 g/mol. The van der Waals surface area contributed by atoms with Crippen LogP contribution in [0, 0.1) is 0 Å². The molecule has 1 aromatic heterocycles. The Morgan fingerprint density at radius 3 is 2.35 bits per heavy atom. The molecule has 0 amide bonds. The van der Waals surface area contributed by atoms with Gasteiger partial charge in [0.25, 0.3) is 0 Å². The number of guanidine groups is 1. The van der Waals surface area contributed by atoms with Gasteiger partial charge in [-0.05, 0) is 43.2 Å². The van der Waals surface area contributed by atoms with Crippen LogP contribution in [0.2, 0.25) is 0 Å². The highest BCUT2D eigenvalue weighted by atomic mass is 32.1. The third kappa shape index (κ3) is 5.74. The Balaban J connectivity index is 1.89. The molecule has 26 heavy (non-hydrogen) atoms. The van der Waals surface area contributed by atoms with Gasteiger partial charge in [0.1, 0.15) is 0 Å². The number of halogens is 3. The Labute approximate surface area is 155 Å². The smallest absolute Gasteiger partial charge is 0.354 e. The zero-order valence-electron chi connectivity index (χ0n) is 15.0. The van der Waals surface area contributed by atoms with Crippen molar-refractivity contribution in [2.75, 3.05) is 27.7 Å². The normalized spacial score (nSPS) is 13.7. The monoisotopic (exact) mass is 384 g/mol. The minimum atomic E-state index is -4.31. The van der Waals surface area contributed by atoms with Crippen LogP contribution < -0.4 is 10.6 Å². The van der Waals surface area contributed by atoms with Gasteiger partial charge in [-0.1, -0.05) is 18.2 Å². The van der Waals surface area contributed by atoms with Crippen LogP contribution in [0.25, 0.3) is 0 Å². The molecule has 2 rings (SSSR count). The van der Waals surface area contributed by atoms with Crippen LogP contribution in [0.3, 0.4) is 0 Å². The third-order valence-electron chi connectivity index (χ3n) is 3.92. The van der Waals surface area contributed by atoms with Gasteiger partial charge in [-0.3, -0.25) is 4.99 Å². The first-order valence-electron chi connectivity index (χ1n) is 8.11. The SMILES string of the molecule is CN=C(NCc1ccc(C(F)(F)F)cc1)NCC(c1cccs1)N(C)C. The van der Waals surface area contributed by atoms with Crippen molar-refractivity contribution in [1.82, 2.24) is 15.5 Å². The number of benzene rings is 1. The van der Waals surface area contributed by atoms with Crippen molar-refractivity contribution >= 4 is 17.3 Å². The van der Waals surface area contributed by atoms with Gasteiger partial charge in [0.05, 0.1) is 11.6 Å². The molecule has 1 atom stereocenters. The van der Waals surface area contributed by atoms with Crippen molar-refractivity contribution in [2.45, 2.75) is 18.8 Å². The van der Waals surface area contributed by atoms with E-state index in [-0.39, 0.29) is 6.04 Å². The minimum absolute atomic E-state index is 0.208. The fourth-order valence-corrected chi connectivity index (χ4v) is 3.35. The van der Waals surface area contributed by atoms with Crippen molar-refractivity contribution < 1.29 is 13.2 Å². The van der Waals surface area contributed by atoms with Crippen molar-refractivity contribution in [3.63, 3.8) is 0 Å². The molecular formula is C18H23F3N4S. The van der Waals surface area contributed by atoms with E-state index in [4.69, 9.17) is 0 Å². The molecule has 0 aliphatic heterocycles. The summed E-state index contributed by atoms with van der Waals surface area (Å²) >= 11 is 1.70. The molecule has 0 aliphatic carbocycles. The summed E-state index contributed by atoms with van der Waals surface area (Å²) in [7, 11) is 5.70. The van der Waals surface area contributed by atoms with Crippen LogP contribution >= 0.6 is 11.3 Å². The van der Waals surface area contributed by atoms with E-state index < -0.39 is 11.7 Å². The van der Waals surface area contributed by atoms with Gasteiger partial charge in [0.15, 0.2) is 5.96 Å². The molecule has 0 saturated heterocycles. The van der Waals surface area contributed by atoms with E-state index in [0.717, 1.165) is 17.7 Å². The van der Waals surface area contributed by atoms with Gasteiger partial charge in [0, 0.05) is 25.0 Å². The Morgan fingerprint density at radius 2 is 1.85 bits per heavy atom. The molecule has 142 valence electrons. The Hall–Kier alpha value is -2.06. The summed E-state index contributed by atoms with van der Waals surface area (Å²) in [5.41, 5.74) is 0.108. The fourth-order valence-electron chi connectivity index (χ4n) is 2.43. The quantitative estimate of drug-likeness (QED) is 0.589. The van der Waals surface area contributed by atoms with Crippen LogP contribution in [-0.4, -0.2) is 38.5 Å². The molecule has 0 bridgehead atoms. The lowest BCUT2D eigenvalue weighted by Crippen LogP contribution is -2.41. The Bertz CT molecular complexity index is 694. The van der Waals surface area contributed by atoms with E-state index in [1.807, 2.05) is 25.5 Å². The average Bonchev–Trinajstić information content (AvgIpc) is 3.11. The highest BCUT2D eigenvalue weighted by Crippen LogP contribution is 2.29. The number of alkyl halides is 3. The zero-order chi connectivity index (χ0) is 19.2. The molecule has 0 fully saturated rings. The maximum atomic E-state index is 12.6. The molecule has 1 aromatic carbocycles. The molecule has 0 radical (unpaired) electrons. The van der Waals surface area contributed by atoms with E-state index in [0.29, 0.717) is 19.0 Å². The van der Waals surface area contributed by atoms with Crippen LogP contribution in [0.4, 0.5) is 13.2 Å². The third-order valence-corrected chi connectivity index (χ3v) is 4.90. The number of aliphatic imine (C=N–C) groups is 1. The van der Waals surface area contributed by atoms with Gasteiger partial charge in [-0.25, -0.2) is 0 Å². The Kier molecular flexibility index (Phi) is 7.05. The minimum Gasteiger partial charge on any atom is -0.354 e. The van der Waals surface area contributed by atoms with E-state index in [2.05, 4.69) is 26.6 Å². The van der Waals surface area contributed by atoms with Crippen LogP contribution in [0.5, 0.6) is 0 Å². The molecule has 8 heteroatoms. The molecule has 0 spiro atoms. The summed E-state index contributed by atoms with van der Waals surface area (Å²) in [5.74, 6) is 0.605. The van der Waals surface area contributed by atoms with Crippen molar-refractivity contribution in [3.8, 4) is 0 Å². The highest BCUT2D eigenvalue weighted by molar-refractivity contribution is 7.10. The number of nitrogens with one attached hydrogen (secondary N) is 2. The average molecular weight is 384 g/mol. The van der Waals surface area contributed by atoms with E-state index in [1.165, 1.54) is 17.0 Å². The summed E-state index contributed by atoms with van der Waals surface area (Å²) in [5, 5.41) is 8.44. The first-order chi connectivity index (χ1) is 12.3. The molecule has 2 aromatic rings. The maximum absolute atomic E-state index is 12.6. The number of hydrogen-bond donors (Lipinski definition) is 2. The summed E-state index contributed by atoms with van der Waals surface area (Å²) in [6.07, 6.45) is -4.31. The molecule has 2 N–H and O–H groups in total. The second-order valence-corrected chi connectivity index (χ2v) is 6.98. The number of rotatable bonds is 6. The van der Waals surface area contributed by atoms with Crippen molar-refractivity contribution in [3.05, 3.63) is 57.8 Å². The van der Waals surface area contributed by atoms with Gasteiger partial charge in [0.2, 0.25) is 0 Å². The number of likely N-dealkylation sites (N-methyl/N-ethyl adjacent to an activating group) is 1. The lowest BCUT2D eigenvalue weighted by molar-refractivity contribution is -0.137. The fraction of sp³-hybridized carbons (Fsp3) is 0.389. The number of hydrogen-bond acceptors (Lipinski definition) is 3. The topological polar surface area (TPSA) is 39.7 Å².